The molecular formula is C14H20N2O. The lowest BCUT2D eigenvalue weighted by Crippen LogP contribution is -2.28. The third kappa shape index (κ3) is 4.04. The molecular weight excluding hydrogens is 212 g/mol. The van der Waals surface area contributed by atoms with Gasteiger partial charge < -0.3 is 10.6 Å². The zero-order chi connectivity index (χ0) is 12.8. The van der Waals surface area contributed by atoms with E-state index in [1.807, 2.05) is 31.2 Å². The molecule has 1 aromatic rings. The van der Waals surface area contributed by atoms with Crippen molar-refractivity contribution in [2.24, 2.45) is 5.73 Å². The molecule has 1 rings (SSSR count). The number of amides is 1. The number of benzene rings is 1. The third-order valence-corrected chi connectivity index (χ3v) is 2.49. The predicted octanol–water partition coefficient (Wildman–Crippen LogP) is 1.84. The maximum Gasteiger partial charge on any atom is 0.253 e. The van der Waals surface area contributed by atoms with Crippen LogP contribution in [0.4, 0.5) is 0 Å². The maximum atomic E-state index is 12.0. The van der Waals surface area contributed by atoms with Crippen LogP contribution in [0.25, 0.3) is 0 Å². The van der Waals surface area contributed by atoms with Crippen molar-refractivity contribution in [1.29, 1.82) is 0 Å². The summed E-state index contributed by atoms with van der Waals surface area (Å²) in [5.41, 5.74) is 8.31. The molecule has 0 saturated heterocycles. The number of hydrogen-bond donors (Lipinski definition) is 1. The van der Waals surface area contributed by atoms with Crippen LogP contribution in [-0.4, -0.2) is 30.9 Å². The number of likely N-dealkylation sites (N-methyl/N-ethyl adjacent to an activating group) is 1. The second-order valence-electron chi connectivity index (χ2n) is 4.35. The van der Waals surface area contributed by atoms with Gasteiger partial charge in [-0.15, -0.1) is 0 Å². The van der Waals surface area contributed by atoms with E-state index in [4.69, 9.17) is 5.73 Å². The van der Waals surface area contributed by atoms with Gasteiger partial charge in [-0.3, -0.25) is 4.79 Å². The molecule has 0 saturated carbocycles. The zero-order valence-electron chi connectivity index (χ0n) is 10.6. The Balaban J connectivity index is 2.72. The minimum absolute atomic E-state index is 0.0206. The summed E-state index contributed by atoms with van der Waals surface area (Å²) in [5, 5.41) is 0. The molecule has 0 heterocycles. The molecule has 0 aliphatic heterocycles. The van der Waals surface area contributed by atoms with E-state index in [0.29, 0.717) is 18.7 Å². The van der Waals surface area contributed by atoms with Crippen molar-refractivity contribution in [2.75, 3.05) is 20.1 Å². The molecule has 0 unspecified atom stereocenters. The number of hydrogen-bond acceptors (Lipinski definition) is 2. The highest BCUT2D eigenvalue weighted by molar-refractivity contribution is 5.94. The molecule has 0 fully saturated rings. The zero-order valence-corrected chi connectivity index (χ0v) is 10.6. The summed E-state index contributed by atoms with van der Waals surface area (Å²) in [6.07, 6.45) is 0.843. The summed E-state index contributed by atoms with van der Waals surface area (Å²) >= 11 is 0. The van der Waals surface area contributed by atoms with E-state index in [9.17, 15) is 4.79 Å². The molecule has 0 aromatic heterocycles. The predicted molar refractivity (Wildman–Crippen MR) is 71.0 cm³/mol. The highest BCUT2D eigenvalue weighted by Crippen LogP contribution is 2.08. The molecule has 0 aliphatic rings. The monoisotopic (exact) mass is 232 g/mol. The minimum Gasteiger partial charge on any atom is -0.338 e. The van der Waals surface area contributed by atoms with E-state index in [0.717, 1.165) is 17.6 Å². The molecule has 92 valence electrons. The maximum absolute atomic E-state index is 12.0. The Morgan fingerprint density at radius 2 is 1.94 bits per heavy atom. The molecule has 0 radical (unpaired) electrons. The quantitative estimate of drug-likeness (QED) is 0.787. The average molecular weight is 232 g/mol. The van der Waals surface area contributed by atoms with E-state index in [1.165, 1.54) is 0 Å². The molecule has 0 bridgehead atoms. The number of carbonyl (C=O) groups excluding carboxylic acids is 1. The molecule has 1 amide bonds. The molecule has 0 atom stereocenters. The lowest BCUT2D eigenvalue weighted by Gasteiger charge is -2.17. The van der Waals surface area contributed by atoms with Crippen molar-refractivity contribution in [1.82, 2.24) is 4.90 Å². The fourth-order valence-corrected chi connectivity index (χ4v) is 1.68. The Bertz CT molecular complexity index is 395. The van der Waals surface area contributed by atoms with Gasteiger partial charge in [0.05, 0.1) is 0 Å². The van der Waals surface area contributed by atoms with Crippen molar-refractivity contribution in [3.8, 4) is 0 Å². The summed E-state index contributed by atoms with van der Waals surface area (Å²) in [4.78, 5) is 13.7. The van der Waals surface area contributed by atoms with Crippen LogP contribution in [0, 0.1) is 0 Å². The Morgan fingerprint density at radius 1 is 1.35 bits per heavy atom. The standard InChI is InChI=1S/C14H20N2O/c1-11(2)10-16(3)14(17)13-6-4-12(5-7-13)8-9-15/h4-7H,1,8-10,15H2,2-3H3. The van der Waals surface area contributed by atoms with Crippen molar-refractivity contribution in [3.63, 3.8) is 0 Å². The number of rotatable bonds is 5. The smallest absolute Gasteiger partial charge is 0.253 e. The Hall–Kier alpha value is -1.61. The van der Waals surface area contributed by atoms with Crippen LogP contribution in [0.5, 0.6) is 0 Å². The van der Waals surface area contributed by atoms with Gasteiger partial charge in [0.25, 0.3) is 5.91 Å². The summed E-state index contributed by atoms with van der Waals surface area (Å²) in [6, 6.07) is 7.61. The summed E-state index contributed by atoms with van der Waals surface area (Å²) in [6.45, 7) is 6.93. The lowest BCUT2D eigenvalue weighted by molar-refractivity contribution is 0.0807. The first-order valence-electron chi connectivity index (χ1n) is 5.73. The lowest BCUT2D eigenvalue weighted by atomic mass is 10.1. The molecule has 1 aromatic carbocycles. The second-order valence-corrected chi connectivity index (χ2v) is 4.35. The number of nitrogens with two attached hydrogens (primary N) is 1. The minimum atomic E-state index is 0.0206. The SMILES string of the molecule is C=C(C)CN(C)C(=O)c1ccc(CCN)cc1. The van der Waals surface area contributed by atoms with Crippen LogP contribution < -0.4 is 5.73 Å². The van der Waals surface area contributed by atoms with Crippen LogP contribution in [0.15, 0.2) is 36.4 Å². The van der Waals surface area contributed by atoms with E-state index in [2.05, 4.69) is 6.58 Å². The van der Waals surface area contributed by atoms with Gasteiger partial charge in [0.2, 0.25) is 0 Å². The van der Waals surface area contributed by atoms with Crippen molar-refractivity contribution in [3.05, 3.63) is 47.5 Å². The highest BCUT2D eigenvalue weighted by atomic mass is 16.2. The number of nitrogens with zero attached hydrogens (tertiary/aromatic N) is 1. The van der Waals surface area contributed by atoms with Gasteiger partial charge in [-0.1, -0.05) is 24.3 Å². The van der Waals surface area contributed by atoms with Gasteiger partial charge >= 0.3 is 0 Å². The van der Waals surface area contributed by atoms with E-state index in [-0.39, 0.29) is 5.91 Å². The Kier molecular flexibility index (Phi) is 4.91. The van der Waals surface area contributed by atoms with E-state index >= 15 is 0 Å². The topological polar surface area (TPSA) is 46.3 Å². The molecule has 17 heavy (non-hydrogen) atoms. The molecule has 0 spiro atoms. The molecule has 3 heteroatoms. The fourth-order valence-electron chi connectivity index (χ4n) is 1.68. The van der Waals surface area contributed by atoms with Crippen LogP contribution in [-0.2, 0) is 6.42 Å². The van der Waals surface area contributed by atoms with Gasteiger partial charge in [-0.05, 0) is 37.6 Å². The fraction of sp³-hybridized carbons (Fsp3) is 0.357. The molecule has 2 N–H and O–H groups in total. The number of carbonyl (C=O) groups is 1. The highest BCUT2D eigenvalue weighted by Gasteiger charge is 2.10. The van der Waals surface area contributed by atoms with Crippen molar-refractivity contribution < 1.29 is 4.79 Å². The molecule has 0 aliphatic carbocycles. The molecule has 3 nitrogen and oxygen atoms in total. The summed E-state index contributed by atoms with van der Waals surface area (Å²) < 4.78 is 0. The van der Waals surface area contributed by atoms with Crippen LogP contribution in [0.1, 0.15) is 22.8 Å². The third-order valence-electron chi connectivity index (χ3n) is 2.49. The summed E-state index contributed by atoms with van der Waals surface area (Å²) in [7, 11) is 1.78. The van der Waals surface area contributed by atoms with E-state index < -0.39 is 0 Å². The summed E-state index contributed by atoms with van der Waals surface area (Å²) in [5.74, 6) is 0.0206. The van der Waals surface area contributed by atoms with Gasteiger partial charge in [-0.25, -0.2) is 0 Å². The van der Waals surface area contributed by atoms with Gasteiger partial charge in [0, 0.05) is 19.2 Å². The van der Waals surface area contributed by atoms with Gasteiger partial charge in [0.15, 0.2) is 0 Å². The average Bonchev–Trinajstić information content (AvgIpc) is 2.28. The first-order valence-corrected chi connectivity index (χ1v) is 5.73. The van der Waals surface area contributed by atoms with E-state index in [1.54, 1.807) is 11.9 Å². The van der Waals surface area contributed by atoms with Gasteiger partial charge in [0.1, 0.15) is 0 Å². The Labute approximate surface area is 103 Å². The van der Waals surface area contributed by atoms with Crippen molar-refractivity contribution in [2.45, 2.75) is 13.3 Å². The van der Waals surface area contributed by atoms with Gasteiger partial charge in [-0.2, -0.15) is 0 Å². The van der Waals surface area contributed by atoms with Crippen LogP contribution in [0.2, 0.25) is 0 Å². The first kappa shape index (κ1) is 13.5. The van der Waals surface area contributed by atoms with Crippen LogP contribution in [0.3, 0.4) is 0 Å². The van der Waals surface area contributed by atoms with Crippen LogP contribution >= 0.6 is 0 Å². The largest absolute Gasteiger partial charge is 0.338 e. The Morgan fingerprint density at radius 3 is 2.41 bits per heavy atom. The second kappa shape index (κ2) is 6.21. The normalized spacial score (nSPS) is 10.1. The first-order chi connectivity index (χ1) is 8.04. The van der Waals surface area contributed by atoms with Crippen molar-refractivity contribution >= 4 is 5.91 Å².